The lowest BCUT2D eigenvalue weighted by Gasteiger charge is -2.37. The second-order valence-corrected chi connectivity index (χ2v) is 7.14. The van der Waals surface area contributed by atoms with Crippen LogP contribution in [0, 0.1) is 19.8 Å². The minimum absolute atomic E-state index is 0.0300. The lowest BCUT2D eigenvalue weighted by molar-refractivity contribution is -0.143. The van der Waals surface area contributed by atoms with Crippen LogP contribution in [-0.4, -0.2) is 25.2 Å². The number of aryl methyl sites for hydroxylation is 2. The maximum Gasteiger partial charge on any atom is 0.256 e. The van der Waals surface area contributed by atoms with Crippen molar-refractivity contribution >= 4 is 11.6 Å². The van der Waals surface area contributed by atoms with Gasteiger partial charge in [0.25, 0.3) is 5.91 Å². The molecule has 2 atom stereocenters. The molecule has 4 nitrogen and oxygen atoms in total. The summed E-state index contributed by atoms with van der Waals surface area (Å²) in [5, 5.41) is 3.07. The summed E-state index contributed by atoms with van der Waals surface area (Å²) in [5.41, 5.74) is 2.20. The molecule has 24 heavy (non-hydrogen) atoms. The molecular weight excluding hydrogens is 302 g/mol. The minimum atomic E-state index is -0.698. The Morgan fingerprint density at radius 2 is 2.00 bits per heavy atom. The van der Waals surface area contributed by atoms with Gasteiger partial charge in [0.05, 0.1) is 6.61 Å². The van der Waals surface area contributed by atoms with Gasteiger partial charge in [-0.15, -0.1) is 0 Å². The number of nitrogens with one attached hydrogen (secondary N) is 1. The molecule has 2 rings (SSSR count). The molecule has 1 aromatic carbocycles. The topological polar surface area (TPSA) is 47.6 Å². The molecule has 0 aliphatic heterocycles. The summed E-state index contributed by atoms with van der Waals surface area (Å²) in [4.78, 5) is 12.9. The van der Waals surface area contributed by atoms with Gasteiger partial charge < -0.3 is 14.8 Å². The van der Waals surface area contributed by atoms with Gasteiger partial charge in [-0.1, -0.05) is 20.3 Å². The van der Waals surface area contributed by atoms with Gasteiger partial charge in [-0.25, -0.2) is 0 Å². The Hall–Kier alpha value is -1.55. The predicted octanol–water partition coefficient (Wildman–Crippen LogP) is 4.63. The van der Waals surface area contributed by atoms with Crippen molar-refractivity contribution in [3.05, 3.63) is 23.3 Å². The maximum atomic E-state index is 12.9. The van der Waals surface area contributed by atoms with E-state index in [0.29, 0.717) is 12.5 Å². The maximum absolute atomic E-state index is 12.9. The summed E-state index contributed by atoms with van der Waals surface area (Å²) in [6, 6.07) is 3.96. The van der Waals surface area contributed by atoms with Gasteiger partial charge in [-0.3, -0.25) is 4.79 Å². The normalized spacial score (nSPS) is 23.8. The van der Waals surface area contributed by atoms with Crippen molar-refractivity contribution in [2.24, 2.45) is 5.92 Å². The Labute approximate surface area is 145 Å². The molecule has 1 saturated carbocycles. The average molecular weight is 333 g/mol. The van der Waals surface area contributed by atoms with Crippen molar-refractivity contribution in [3.8, 4) is 5.75 Å². The Kier molecular flexibility index (Phi) is 6.27. The van der Waals surface area contributed by atoms with Crippen molar-refractivity contribution in [1.82, 2.24) is 0 Å². The van der Waals surface area contributed by atoms with Crippen molar-refractivity contribution in [3.63, 3.8) is 0 Å². The fourth-order valence-corrected chi connectivity index (χ4v) is 3.69. The van der Waals surface area contributed by atoms with Gasteiger partial charge in [-0.05, 0) is 68.7 Å². The van der Waals surface area contributed by atoms with Gasteiger partial charge in [0.15, 0.2) is 0 Å². The molecule has 0 saturated heterocycles. The van der Waals surface area contributed by atoms with E-state index in [1.165, 1.54) is 6.42 Å². The van der Waals surface area contributed by atoms with Gasteiger partial charge in [-0.2, -0.15) is 0 Å². The van der Waals surface area contributed by atoms with Gasteiger partial charge in [0.1, 0.15) is 11.4 Å². The van der Waals surface area contributed by atoms with E-state index >= 15 is 0 Å². The molecule has 0 aromatic heterocycles. The molecule has 0 heterocycles. The van der Waals surface area contributed by atoms with Crippen LogP contribution in [0.4, 0.5) is 5.69 Å². The second kappa shape index (κ2) is 8.02. The Balaban J connectivity index is 2.16. The van der Waals surface area contributed by atoms with E-state index in [-0.39, 0.29) is 5.91 Å². The number of benzene rings is 1. The number of rotatable bonds is 6. The van der Waals surface area contributed by atoms with Crippen LogP contribution in [0.1, 0.15) is 57.1 Å². The Bertz CT molecular complexity index is 561. The summed E-state index contributed by atoms with van der Waals surface area (Å²) in [7, 11) is 1.65. The van der Waals surface area contributed by atoms with Crippen LogP contribution in [0.25, 0.3) is 0 Å². The number of amides is 1. The number of carbonyl (C=O) groups excluding carboxylic acids is 1. The third kappa shape index (κ3) is 4.10. The van der Waals surface area contributed by atoms with E-state index < -0.39 is 5.60 Å². The number of methoxy groups -OCH3 is 1. The fourth-order valence-electron chi connectivity index (χ4n) is 3.69. The largest absolute Gasteiger partial charge is 0.493 e. The summed E-state index contributed by atoms with van der Waals surface area (Å²) >= 11 is 0. The number of ether oxygens (including phenoxy) is 2. The summed E-state index contributed by atoms with van der Waals surface area (Å²) in [6.07, 6.45) is 4.75. The first-order chi connectivity index (χ1) is 11.4. The lowest BCUT2D eigenvalue weighted by atomic mass is 9.78. The quantitative estimate of drug-likeness (QED) is 0.826. The van der Waals surface area contributed by atoms with Crippen LogP contribution in [0.2, 0.25) is 0 Å². The molecule has 4 heteroatoms. The number of anilines is 1. The molecule has 1 fully saturated rings. The SMILES string of the molecule is CCCOc1c(C)cc(NC(=O)[C@@]2(OC)CCC[C@@H](C)C2)cc1C. The van der Waals surface area contributed by atoms with Gasteiger partial charge in [0, 0.05) is 12.8 Å². The first-order valence-corrected chi connectivity index (χ1v) is 9.02. The van der Waals surface area contributed by atoms with Crippen LogP contribution >= 0.6 is 0 Å². The highest BCUT2D eigenvalue weighted by atomic mass is 16.5. The third-order valence-electron chi connectivity index (χ3n) is 4.93. The predicted molar refractivity (Wildman–Crippen MR) is 97.7 cm³/mol. The molecule has 1 amide bonds. The van der Waals surface area contributed by atoms with E-state index in [2.05, 4.69) is 19.2 Å². The molecule has 0 radical (unpaired) electrons. The van der Waals surface area contributed by atoms with Crippen LogP contribution < -0.4 is 10.1 Å². The summed E-state index contributed by atoms with van der Waals surface area (Å²) < 4.78 is 11.5. The van der Waals surface area contributed by atoms with Crippen molar-refractivity contribution in [1.29, 1.82) is 0 Å². The van der Waals surface area contributed by atoms with E-state index in [1.807, 2.05) is 26.0 Å². The van der Waals surface area contributed by atoms with Crippen LogP contribution in [0.15, 0.2) is 12.1 Å². The average Bonchev–Trinajstić information content (AvgIpc) is 2.54. The van der Waals surface area contributed by atoms with E-state index in [0.717, 1.165) is 48.2 Å². The summed E-state index contributed by atoms with van der Waals surface area (Å²) in [6.45, 7) is 9.02. The number of hydrogen-bond acceptors (Lipinski definition) is 3. The Morgan fingerprint density at radius 1 is 1.33 bits per heavy atom. The first kappa shape index (κ1) is 18.8. The van der Waals surface area contributed by atoms with Crippen LogP contribution in [0.5, 0.6) is 5.75 Å². The zero-order valence-corrected chi connectivity index (χ0v) is 15.7. The van der Waals surface area contributed by atoms with Gasteiger partial charge >= 0.3 is 0 Å². The first-order valence-electron chi connectivity index (χ1n) is 9.02. The zero-order valence-electron chi connectivity index (χ0n) is 15.7. The highest BCUT2D eigenvalue weighted by Gasteiger charge is 2.42. The smallest absolute Gasteiger partial charge is 0.256 e. The second-order valence-electron chi connectivity index (χ2n) is 7.14. The molecule has 0 bridgehead atoms. The lowest BCUT2D eigenvalue weighted by Crippen LogP contribution is -2.47. The number of carbonyl (C=O) groups is 1. The highest BCUT2D eigenvalue weighted by molar-refractivity contribution is 5.97. The summed E-state index contributed by atoms with van der Waals surface area (Å²) in [5.74, 6) is 1.40. The van der Waals surface area contributed by atoms with E-state index in [9.17, 15) is 4.79 Å². The highest BCUT2D eigenvalue weighted by Crippen LogP contribution is 2.36. The van der Waals surface area contributed by atoms with E-state index in [4.69, 9.17) is 9.47 Å². The molecular formula is C20H31NO3. The van der Waals surface area contributed by atoms with Crippen LogP contribution in [-0.2, 0) is 9.53 Å². The molecule has 1 aliphatic carbocycles. The molecule has 1 N–H and O–H groups in total. The van der Waals surface area contributed by atoms with Crippen LogP contribution in [0.3, 0.4) is 0 Å². The molecule has 0 spiro atoms. The zero-order chi connectivity index (χ0) is 17.7. The molecule has 1 aromatic rings. The van der Waals surface area contributed by atoms with Crippen molar-refractivity contribution < 1.29 is 14.3 Å². The van der Waals surface area contributed by atoms with Crippen molar-refractivity contribution in [2.75, 3.05) is 19.0 Å². The molecule has 134 valence electrons. The molecule has 1 aliphatic rings. The minimum Gasteiger partial charge on any atom is -0.493 e. The van der Waals surface area contributed by atoms with Crippen molar-refractivity contribution in [2.45, 2.75) is 65.4 Å². The monoisotopic (exact) mass is 333 g/mol. The van der Waals surface area contributed by atoms with E-state index in [1.54, 1.807) is 7.11 Å². The van der Waals surface area contributed by atoms with Gasteiger partial charge in [0.2, 0.25) is 0 Å². The number of hydrogen-bond donors (Lipinski definition) is 1. The molecule has 0 unspecified atom stereocenters. The fraction of sp³-hybridized carbons (Fsp3) is 0.650. The Morgan fingerprint density at radius 3 is 2.54 bits per heavy atom. The standard InChI is InChI=1S/C20H31NO3/c1-6-10-24-18-15(3)11-17(12-16(18)4)21-19(22)20(23-5)9-7-8-14(2)13-20/h11-12,14H,6-10,13H2,1-5H3,(H,21,22)/t14-,20-/m1/s1. The third-order valence-corrected chi connectivity index (χ3v) is 4.93.